The van der Waals surface area contributed by atoms with Gasteiger partial charge in [-0.2, -0.15) is 0 Å². The maximum Gasteiger partial charge on any atom is 0.165 e. The van der Waals surface area contributed by atoms with Crippen molar-refractivity contribution in [1.82, 2.24) is 15.0 Å². The molecule has 10 rings (SSSR count). The Morgan fingerprint density at radius 1 is 0.420 bits per heavy atom. The number of allylic oxidation sites excluding steroid dienone is 1. The van der Waals surface area contributed by atoms with Gasteiger partial charge in [-0.25, -0.2) is 15.0 Å². The fourth-order valence-corrected chi connectivity index (χ4v) is 7.28. The minimum absolute atomic E-state index is 0.0383. The van der Waals surface area contributed by atoms with Crippen LogP contribution in [-0.4, -0.2) is 21.2 Å². The van der Waals surface area contributed by atoms with Crippen LogP contribution in [-0.2, 0) is 0 Å². The van der Waals surface area contributed by atoms with Crippen LogP contribution >= 0.6 is 0 Å². The van der Waals surface area contributed by atoms with Crippen LogP contribution in [0.15, 0.2) is 167 Å². The van der Waals surface area contributed by atoms with Gasteiger partial charge in [0, 0.05) is 33.7 Å². The molecule has 2 aromatic heterocycles. The highest BCUT2D eigenvalue weighted by Gasteiger charge is 2.21. The van der Waals surface area contributed by atoms with Gasteiger partial charge in [0.15, 0.2) is 17.5 Å². The standard InChI is InChI=1S/C45H28N4O/c1-3-12-28(13-4-1)43-47-44(29-14-5-2-6-15-29)49-45(48-43)42-35-18-9-7-16-33(35)41(34-17-8-10-19-36(34)42)31-22-24-39-37(26-31)32-23-21-30(27-40(32)50-39)38-20-11-25-46-38/h1-27,38H. The first-order chi connectivity index (χ1) is 24.8. The highest BCUT2D eigenvalue weighted by molar-refractivity contribution is 6.21. The molecule has 234 valence electrons. The van der Waals surface area contributed by atoms with Crippen molar-refractivity contribution in [2.45, 2.75) is 6.04 Å². The van der Waals surface area contributed by atoms with Crippen LogP contribution in [0.4, 0.5) is 0 Å². The number of fused-ring (bicyclic) bond motifs is 5. The molecule has 5 heteroatoms. The highest BCUT2D eigenvalue weighted by atomic mass is 16.3. The Kier molecular flexibility index (Phi) is 6.49. The van der Waals surface area contributed by atoms with E-state index in [1.54, 1.807) is 0 Å². The molecule has 1 aliphatic heterocycles. The predicted molar refractivity (Wildman–Crippen MR) is 204 cm³/mol. The van der Waals surface area contributed by atoms with E-state index in [0.717, 1.165) is 71.3 Å². The van der Waals surface area contributed by atoms with Crippen LogP contribution in [0.5, 0.6) is 0 Å². The van der Waals surface area contributed by atoms with Crippen molar-refractivity contribution in [3.63, 3.8) is 0 Å². The fraction of sp³-hybridized carbons (Fsp3) is 0.0222. The van der Waals surface area contributed by atoms with E-state index in [9.17, 15) is 0 Å². The quantitative estimate of drug-likeness (QED) is 0.176. The number of furan rings is 1. The molecule has 0 saturated carbocycles. The molecule has 0 saturated heterocycles. The summed E-state index contributed by atoms with van der Waals surface area (Å²) in [6.45, 7) is 0. The van der Waals surface area contributed by atoms with E-state index in [4.69, 9.17) is 19.4 Å². The van der Waals surface area contributed by atoms with E-state index >= 15 is 0 Å². The summed E-state index contributed by atoms with van der Waals surface area (Å²) < 4.78 is 6.39. The van der Waals surface area contributed by atoms with Crippen LogP contribution in [0.3, 0.4) is 0 Å². The van der Waals surface area contributed by atoms with Crippen molar-refractivity contribution in [2.75, 3.05) is 0 Å². The largest absolute Gasteiger partial charge is 0.456 e. The molecular formula is C45H28N4O. The van der Waals surface area contributed by atoms with E-state index in [-0.39, 0.29) is 6.04 Å². The van der Waals surface area contributed by atoms with Crippen molar-refractivity contribution >= 4 is 49.7 Å². The molecular weight excluding hydrogens is 613 g/mol. The lowest BCUT2D eigenvalue weighted by molar-refractivity contribution is 0.667. The molecule has 0 aliphatic carbocycles. The van der Waals surface area contributed by atoms with Crippen LogP contribution in [0.2, 0.25) is 0 Å². The lowest BCUT2D eigenvalue weighted by Gasteiger charge is -2.17. The third-order valence-electron chi connectivity index (χ3n) is 9.61. The average molecular weight is 641 g/mol. The number of hydrogen-bond donors (Lipinski definition) is 0. The van der Waals surface area contributed by atoms with E-state index in [1.807, 2.05) is 73.0 Å². The molecule has 3 heterocycles. The lowest BCUT2D eigenvalue weighted by Crippen LogP contribution is -2.01. The fourth-order valence-electron chi connectivity index (χ4n) is 7.28. The summed E-state index contributed by atoms with van der Waals surface area (Å²) in [4.78, 5) is 19.8. The van der Waals surface area contributed by atoms with Gasteiger partial charge in [0.1, 0.15) is 11.2 Å². The Bertz CT molecular complexity index is 2690. The average Bonchev–Trinajstić information content (AvgIpc) is 3.86. The van der Waals surface area contributed by atoms with Crippen LogP contribution in [0.25, 0.3) is 88.8 Å². The first-order valence-corrected chi connectivity index (χ1v) is 16.8. The molecule has 0 spiro atoms. The minimum Gasteiger partial charge on any atom is -0.456 e. The highest BCUT2D eigenvalue weighted by Crippen LogP contribution is 2.44. The second kappa shape index (κ2) is 11.5. The summed E-state index contributed by atoms with van der Waals surface area (Å²) >= 11 is 0. The summed E-state index contributed by atoms with van der Waals surface area (Å²) in [5, 5.41) is 6.60. The molecule has 7 aromatic carbocycles. The van der Waals surface area contributed by atoms with Crippen LogP contribution in [0, 0.1) is 0 Å². The zero-order valence-electron chi connectivity index (χ0n) is 26.9. The minimum atomic E-state index is 0.0383. The third-order valence-corrected chi connectivity index (χ3v) is 9.61. The Morgan fingerprint density at radius 2 is 1.00 bits per heavy atom. The van der Waals surface area contributed by atoms with Gasteiger partial charge in [-0.3, -0.25) is 4.99 Å². The van der Waals surface area contributed by atoms with Gasteiger partial charge in [-0.15, -0.1) is 0 Å². The normalized spacial score (nSPS) is 14.0. The molecule has 1 atom stereocenters. The van der Waals surface area contributed by atoms with Gasteiger partial charge < -0.3 is 4.42 Å². The van der Waals surface area contributed by atoms with Crippen molar-refractivity contribution in [3.05, 3.63) is 163 Å². The Morgan fingerprint density at radius 3 is 1.60 bits per heavy atom. The van der Waals surface area contributed by atoms with Gasteiger partial charge in [0.05, 0.1) is 6.04 Å². The maximum absolute atomic E-state index is 6.39. The molecule has 0 amide bonds. The van der Waals surface area contributed by atoms with Gasteiger partial charge in [0.25, 0.3) is 0 Å². The lowest BCUT2D eigenvalue weighted by atomic mass is 9.87. The number of benzene rings is 7. The molecule has 0 N–H and O–H groups in total. The van der Waals surface area contributed by atoms with Crippen LogP contribution in [0.1, 0.15) is 11.6 Å². The molecule has 1 unspecified atom stereocenters. The summed E-state index contributed by atoms with van der Waals surface area (Å²) in [6, 6.07) is 50.5. The van der Waals surface area contributed by atoms with E-state index in [1.165, 1.54) is 5.56 Å². The zero-order chi connectivity index (χ0) is 33.0. The molecule has 9 aromatic rings. The van der Waals surface area contributed by atoms with E-state index < -0.39 is 0 Å². The molecule has 50 heavy (non-hydrogen) atoms. The van der Waals surface area contributed by atoms with E-state index in [0.29, 0.717) is 17.5 Å². The summed E-state index contributed by atoms with van der Waals surface area (Å²) in [7, 11) is 0. The van der Waals surface area contributed by atoms with Crippen molar-refractivity contribution in [1.29, 1.82) is 0 Å². The van der Waals surface area contributed by atoms with Crippen molar-refractivity contribution < 1.29 is 4.42 Å². The number of nitrogens with zero attached hydrogens (tertiary/aromatic N) is 4. The first kappa shape index (κ1) is 28.3. The molecule has 0 radical (unpaired) electrons. The number of aliphatic imine (C=N–C) groups is 1. The third kappa shape index (κ3) is 4.63. The van der Waals surface area contributed by atoms with Gasteiger partial charge in [0.2, 0.25) is 0 Å². The van der Waals surface area contributed by atoms with Crippen LogP contribution < -0.4 is 0 Å². The Labute approximate surface area is 287 Å². The van der Waals surface area contributed by atoms with E-state index in [2.05, 4.69) is 96.0 Å². The molecule has 1 aliphatic rings. The second-order valence-corrected chi connectivity index (χ2v) is 12.6. The van der Waals surface area contributed by atoms with Gasteiger partial charge in [-0.1, -0.05) is 133 Å². The maximum atomic E-state index is 6.39. The Balaban J connectivity index is 1.22. The number of rotatable bonds is 5. The second-order valence-electron chi connectivity index (χ2n) is 12.6. The molecule has 5 nitrogen and oxygen atoms in total. The van der Waals surface area contributed by atoms with Crippen molar-refractivity contribution in [3.8, 4) is 45.3 Å². The summed E-state index contributed by atoms with van der Waals surface area (Å²) in [6.07, 6.45) is 5.94. The van der Waals surface area contributed by atoms with Gasteiger partial charge >= 0.3 is 0 Å². The number of hydrogen-bond acceptors (Lipinski definition) is 5. The topological polar surface area (TPSA) is 64.2 Å². The number of aromatic nitrogens is 3. The SMILES string of the molecule is C1=CC(c2ccc3c(c2)oc2ccc(-c4c5ccccc5c(-c5nc(-c6ccccc6)nc(-c6ccccc6)n5)c5ccccc45)cc23)N=C1. The first-order valence-electron chi connectivity index (χ1n) is 16.8. The Hall–Kier alpha value is -6.72. The van der Waals surface area contributed by atoms with Crippen molar-refractivity contribution in [2.24, 2.45) is 4.99 Å². The predicted octanol–water partition coefficient (Wildman–Crippen LogP) is 11.4. The van der Waals surface area contributed by atoms with Gasteiger partial charge in [-0.05, 0) is 62.5 Å². The zero-order valence-corrected chi connectivity index (χ0v) is 26.9. The molecule has 0 fully saturated rings. The molecule has 0 bridgehead atoms. The monoisotopic (exact) mass is 640 g/mol. The summed E-state index contributed by atoms with van der Waals surface area (Å²) in [5.74, 6) is 1.93. The summed E-state index contributed by atoms with van der Waals surface area (Å²) in [5.41, 5.74) is 8.02. The smallest absolute Gasteiger partial charge is 0.165 e.